The highest BCUT2D eigenvalue weighted by Crippen LogP contribution is 2.17. The molecule has 1 aliphatic rings. The maximum Gasteiger partial charge on any atom is 0.223 e. The van der Waals surface area contributed by atoms with Gasteiger partial charge in [-0.25, -0.2) is 0 Å². The Morgan fingerprint density at radius 1 is 1.56 bits per heavy atom. The van der Waals surface area contributed by atoms with Gasteiger partial charge in [-0.2, -0.15) is 0 Å². The summed E-state index contributed by atoms with van der Waals surface area (Å²) in [7, 11) is 0. The van der Waals surface area contributed by atoms with Crippen molar-refractivity contribution in [3.63, 3.8) is 0 Å². The Morgan fingerprint density at radius 2 is 2.12 bits per heavy atom. The van der Waals surface area contributed by atoms with Crippen molar-refractivity contribution in [1.29, 1.82) is 5.41 Å². The highest BCUT2D eigenvalue weighted by atomic mass is 16.1. The summed E-state index contributed by atoms with van der Waals surface area (Å²) in [5.74, 6) is 0.0928. The summed E-state index contributed by atoms with van der Waals surface area (Å²) >= 11 is 0. The lowest BCUT2D eigenvalue weighted by Gasteiger charge is -2.21. The van der Waals surface area contributed by atoms with Gasteiger partial charge in [-0.3, -0.25) is 4.79 Å². The molecule has 1 fully saturated rings. The normalized spacial score (nSPS) is 19.2. The third-order valence-corrected chi connectivity index (χ3v) is 2.37. The van der Waals surface area contributed by atoms with Crippen LogP contribution >= 0.6 is 0 Å². The number of piperidine rings is 1. The number of allylic oxidation sites excluding steroid dienone is 1. The van der Waals surface area contributed by atoms with E-state index in [1.807, 2.05) is 6.92 Å². The molecule has 1 aliphatic heterocycles. The van der Waals surface area contributed by atoms with Crippen LogP contribution in [0.15, 0.2) is 12.2 Å². The molecule has 1 rings (SSSR count). The van der Waals surface area contributed by atoms with E-state index in [4.69, 9.17) is 5.41 Å². The van der Waals surface area contributed by atoms with Gasteiger partial charge in [0.15, 0.2) is 0 Å². The smallest absolute Gasteiger partial charge is 0.223 e. The first-order chi connectivity index (χ1) is 7.52. The molecule has 1 saturated heterocycles. The highest BCUT2D eigenvalue weighted by Gasteiger charge is 2.22. The van der Waals surface area contributed by atoms with Crippen molar-refractivity contribution in [3.05, 3.63) is 12.2 Å². The molecule has 0 bridgehead atoms. The van der Waals surface area contributed by atoms with E-state index in [-0.39, 0.29) is 11.8 Å². The number of carbonyl (C=O) groups excluding carboxylic acids is 1. The Labute approximate surface area is 98.8 Å². The van der Waals surface area contributed by atoms with Gasteiger partial charge in [0.2, 0.25) is 5.91 Å². The molecule has 0 radical (unpaired) electrons. The van der Waals surface area contributed by atoms with Crippen molar-refractivity contribution in [2.75, 3.05) is 6.54 Å². The van der Waals surface area contributed by atoms with E-state index in [9.17, 15) is 4.79 Å². The fourth-order valence-corrected chi connectivity index (χ4v) is 1.45. The van der Waals surface area contributed by atoms with Crippen LogP contribution in [-0.4, -0.2) is 18.2 Å². The standard InChI is InChI=1S/C10H16N2O.C3H8/c1-7(2)9(11)6-8-4-3-5-12-10(8)13;1-3-2/h8,11H,1,3-6H2,2H3,(H,12,13);3H2,1-2H3/t8-;/m1./s1. The molecule has 0 unspecified atom stereocenters. The lowest BCUT2D eigenvalue weighted by Crippen LogP contribution is -2.37. The fraction of sp³-hybridized carbons (Fsp3) is 0.692. The van der Waals surface area contributed by atoms with E-state index in [0.29, 0.717) is 12.1 Å². The third-order valence-electron chi connectivity index (χ3n) is 2.37. The molecule has 0 spiro atoms. The van der Waals surface area contributed by atoms with Crippen LogP contribution in [0.1, 0.15) is 46.5 Å². The summed E-state index contributed by atoms with van der Waals surface area (Å²) in [4.78, 5) is 11.3. The van der Waals surface area contributed by atoms with Crippen LogP contribution in [0, 0.1) is 11.3 Å². The number of amides is 1. The predicted molar refractivity (Wildman–Crippen MR) is 68.9 cm³/mol. The van der Waals surface area contributed by atoms with Crippen LogP contribution in [0.25, 0.3) is 0 Å². The van der Waals surface area contributed by atoms with Gasteiger partial charge in [0.05, 0.1) is 0 Å². The molecular formula is C13H24N2O. The highest BCUT2D eigenvalue weighted by molar-refractivity contribution is 5.99. The second-order valence-corrected chi connectivity index (χ2v) is 4.30. The molecule has 0 aromatic carbocycles. The first-order valence-corrected chi connectivity index (χ1v) is 6.03. The van der Waals surface area contributed by atoms with Gasteiger partial charge in [-0.05, 0) is 25.3 Å². The number of nitrogens with one attached hydrogen (secondary N) is 2. The summed E-state index contributed by atoms with van der Waals surface area (Å²) in [5.41, 5.74) is 1.26. The SMILES string of the molecule is C=C(C)C(=N)C[C@H]1CCCNC1=O.CCC. The van der Waals surface area contributed by atoms with Crippen molar-refractivity contribution in [2.45, 2.75) is 46.5 Å². The largest absolute Gasteiger partial charge is 0.356 e. The molecule has 2 N–H and O–H groups in total. The van der Waals surface area contributed by atoms with Gasteiger partial charge in [-0.15, -0.1) is 0 Å². The molecule has 0 aromatic heterocycles. The molecule has 1 atom stereocenters. The van der Waals surface area contributed by atoms with Crippen LogP contribution in [0.4, 0.5) is 0 Å². The summed E-state index contributed by atoms with van der Waals surface area (Å²) in [6.45, 7) is 10.5. The van der Waals surface area contributed by atoms with E-state index in [0.717, 1.165) is 25.0 Å². The van der Waals surface area contributed by atoms with Crippen molar-refractivity contribution < 1.29 is 4.79 Å². The molecule has 3 heteroatoms. The van der Waals surface area contributed by atoms with Gasteiger partial charge in [0.1, 0.15) is 0 Å². The maximum absolute atomic E-state index is 11.3. The van der Waals surface area contributed by atoms with Crippen LogP contribution in [0.3, 0.4) is 0 Å². The zero-order valence-corrected chi connectivity index (χ0v) is 10.7. The van der Waals surface area contributed by atoms with Crippen LogP contribution in [0.5, 0.6) is 0 Å². The Kier molecular flexibility index (Phi) is 7.52. The summed E-state index contributed by atoms with van der Waals surface area (Å²) in [5, 5.41) is 10.4. The Balaban J connectivity index is 0.000000673. The van der Waals surface area contributed by atoms with E-state index >= 15 is 0 Å². The van der Waals surface area contributed by atoms with E-state index < -0.39 is 0 Å². The maximum atomic E-state index is 11.3. The Hall–Kier alpha value is -1.12. The lowest BCUT2D eigenvalue weighted by molar-refractivity contribution is -0.126. The predicted octanol–water partition coefficient (Wildman–Crippen LogP) is 2.91. The molecular weight excluding hydrogens is 200 g/mol. The second-order valence-electron chi connectivity index (χ2n) is 4.30. The van der Waals surface area contributed by atoms with Crippen LogP contribution < -0.4 is 5.32 Å². The van der Waals surface area contributed by atoms with Crippen molar-refractivity contribution >= 4 is 11.6 Å². The van der Waals surface area contributed by atoms with E-state index in [1.165, 1.54) is 6.42 Å². The molecule has 16 heavy (non-hydrogen) atoms. The molecule has 1 heterocycles. The fourth-order valence-electron chi connectivity index (χ4n) is 1.45. The summed E-state index contributed by atoms with van der Waals surface area (Å²) < 4.78 is 0. The van der Waals surface area contributed by atoms with Gasteiger partial charge < -0.3 is 10.7 Å². The van der Waals surface area contributed by atoms with E-state index in [1.54, 1.807) is 0 Å². The van der Waals surface area contributed by atoms with Gasteiger partial charge in [-0.1, -0.05) is 26.8 Å². The molecule has 0 aliphatic carbocycles. The zero-order valence-electron chi connectivity index (χ0n) is 10.7. The van der Waals surface area contributed by atoms with Crippen molar-refractivity contribution in [1.82, 2.24) is 5.32 Å². The molecule has 0 aromatic rings. The number of hydrogen-bond donors (Lipinski definition) is 2. The average molecular weight is 224 g/mol. The topological polar surface area (TPSA) is 53.0 Å². The van der Waals surface area contributed by atoms with Crippen LogP contribution in [0.2, 0.25) is 0 Å². The van der Waals surface area contributed by atoms with Crippen molar-refractivity contribution in [2.24, 2.45) is 5.92 Å². The minimum absolute atomic E-state index is 0.00190. The van der Waals surface area contributed by atoms with Crippen molar-refractivity contribution in [3.8, 4) is 0 Å². The summed E-state index contributed by atoms with van der Waals surface area (Å²) in [6, 6.07) is 0. The Bertz CT molecular complexity index is 259. The molecule has 3 nitrogen and oxygen atoms in total. The van der Waals surface area contributed by atoms with Gasteiger partial charge >= 0.3 is 0 Å². The minimum Gasteiger partial charge on any atom is -0.356 e. The van der Waals surface area contributed by atoms with Gasteiger partial charge in [0.25, 0.3) is 0 Å². The summed E-state index contributed by atoms with van der Waals surface area (Å²) in [6.07, 6.45) is 3.72. The molecule has 1 amide bonds. The first kappa shape index (κ1) is 14.9. The molecule has 0 saturated carbocycles. The van der Waals surface area contributed by atoms with Crippen LogP contribution in [-0.2, 0) is 4.79 Å². The average Bonchev–Trinajstić information content (AvgIpc) is 2.22. The monoisotopic (exact) mass is 224 g/mol. The third kappa shape index (κ3) is 5.69. The zero-order chi connectivity index (χ0) is 12.6. The number of hydrogen-bond acceptors (Lipinski definition) is 2. The van der Waals surface area contributed by atoms with E-state index in [2.05, 4.69) is 25.7 Å². The first-order valence-electron chi connectivity index (χ1n) is 6.03. The Morgan fingerprint density at radius 3 is 2.56 bits per heavy atom. The lowest BCUT2D eigenvalue weighted by atomic mass is 9.91. The second kappa shape index (κ2) is 8.08. The van der Waals surface area contributed by atoms with Gasteiger partial charge in [0, 0.05) is 24.6 Å². The number of rotatable bonds is 3. The minimum atomic E-state index is -0.00190. The quantitative estimate of drug-likeness (QED) is 0.711. The number of carbonyl (C=O) groups is 1. The molecule has 92 valence electrons.